The van der Waals surface area contributed by atoms with Gasteiger partial charge in [0.25, 0.3) is 0 Å². The first-order chi connectivity index (χ1) is 13.5. The third-order valence-corrected chi connectivity index (χ3v) is 3.85. The van der Waals surface area contributed by atoms with Gasteiger partial charge in [0.05, 0.1) is 27.8 Å². The second kappa shape index (κ2) is 9.97. The van der Waals surface area contributed by atoms with Gasteiger partial charge in [-0.05, 0) is 47.5 Å². The van der Waals surface area contributed by atoms with Crippen LogP contribution >= 0.6 is 0 Å². The number of ketones is 2. The number of carbonyl (C=O) groups excluding carboxylic acids is 2. The van der Waals surface area contributed by atoms with Gasteiger partial charge in [-0.2, -0.15) is 0 Å². The third kappa shape index (κ3) is 5.74. The van der Waals surface area contributed by atoms with E-state index in [1.807, 2.05) is 0 Å². The molecule has 28 heavy (non-hydrogen) atoms. The Morgan fingerprint density at radius 2 is 1.32 bits per heavy atom. The van der Waals surface area contributed by atoms with E-state index >= 15 is 0 Å². The molecule has 2 aromatic carbocycles. The number of carbonyl (C=O) groups is 2. The second-order valence-corrected chi connectivity index (χ2v) is 5.83. The number of aromatic hydroxyl groups is 1. The van der Waals surface area contributed by atoms with Crippen LogP contribution in [0.4, 0.5) is 0 Å². The molecule has 146 valence electrons. The zero-order valence-corrected chi connectivity index (χ0v) is 16.0. The summed E-state index contributed by atoms with van der Waals surface area (Å²) in [6, 6.07) is 9.80. The summed E-state index contributed by atoms with van der Waals surface area (Å²) in [5.41, 5.74) is 1.43. The van der Waals surface area contributed by atoms with Crippen LogP contribution in [0.1, 0.15) is 17.5 Å². The van der Waals surface area contributed by atoms with E-state index in [4.69, 9.17) is 14.2 Å². The topological polar surface area (TPSA) is 82.1 Å². The standard InChI is InChI=1S/C22H22O6/c1-26-20-12-16(13-21(27-2)22(20)28-3)7-11-19(25)14-18(24)10-6-15-4-8-17(23)9-5-15/h4-13,23H,14H2,1-3H3. The average molecular weight is 382 g/mol. The van der Waals surface area contributed by atoms with Gasteiger partial charge in [0.1, 0.15) is 5.75 Å². The predicted octanol–water partition coefficient (Wildman–Crippen LogP) is 3.67. The molecule has 0 amide bonds. The van der Waals surface area contributed by atoms with Crippen molar-refractivity contribution < 1.29 is 28.9 Å². The molecule has 6 nitrogen and oxygen atoms in total. The number of allylic oxidation sites excluding steroid dienone is 2. The first-order valence-corrected chi connectivity index (χ1v) is 8.47. The maximum atomic E-state index is 12.1. The van der Waals surface area contributed by atoms with Gasteiger partial charge in [0, 0.05) is 0 Å². The zero-order valence-electron chi connectivity index (χ0n) is 16.0. The minimum absolute atomic E-state index is 0.149. The lowest BCUT2D eigenvalue weighted by atomic mass is 10.1. The molecule has 0 unspecified atom stereocenters. The van der Waals surface area contributed by atoms with Crippen molar-refractivity contribution in [2.45, 2.75) is 6.42 Å². The molecule has 0 atom stereocenters. The van der Waals surface area contributed by atoms with Crippen LogP contribution in [0.5, 0.6) is 23.0 Å². The van der Waals surface area contributed by atoms with Crippen molar-refractivity contribution >= 4 is 23.7 Å². The average Bonchev–Trinajstić information content (AvgIpc) is 2.70. The number of hydrogen-bond acceptors (Lipinski definition) is 6. The van der Waals surface area contributed by atoms with Gasteiger partial charge < -0.3 is 19.3 Å². The lowest BCUT2D eigenvalue weighted by Crippen LogP contribution is -2.02. The molecule has 2 rings (SSSR count). The van der Waals surface area contributed by atoms with Crippen molar-refractivity contribution in [3.05, 3.63) is 59.7 Å². The fraction of sp³-hybridized carbons (Fsp3) is 0.182. The van der Waals surface area contributed by atoms with Crippen LogP contribution in [0.3, 0.4) is 0 Å². The van der Waals surface area contributed by atoms with E-state index in [1.165, 1.54) is 45.6 Å². The third-order valence-electron chi connectivity index (χ3n) is 3.85. The summed E-state index contributed by atoms with van der Waals surface area (Å²) in [5.74, 6) is 0.920. The van der Waals surface area contributed by atoms with E-state index in [2.05, 4.69) is 0 Å². The van der Waals surface area contributed by atoms with Crippen molar-refractivity contribution in [1.82, 2.24) is 0 Å². The van der Waals surface area contributed by atoms with E-state index in [0.717, 1.165) is 5.56 Å². The molecule has 0 aliphatic heterocycles. The quantitative estimate of drug-likeness (QED) is 0.526. The summed E-state index contributed by atoms with van der Waals surface area (Å²) in [6.45, 7) is 0. The number of hydrogen-bond donors (Lipinski definition) is 1. The largest absolute Gasteiger partial charge is 0.508 e. The van der Waals surface area contributed by atoms with E-state index in [-0.39, 0.29) is 23.7 Å². The minimum atomic E-state index is -0.325. The number of benzene rings is 2. The highest BCUT2D eigenvalue weighted by atomic mass is 16.5. The number of ether oxygens (including phenoxy) is 3. The Balaban J connectivity index is 2.03. The Morgan fingerprint density at radius 3 is 1.79 bits per heavy atom. The van der Waals surface area contributed by atoms with Crippen LogP contribution < -0.4 is 14.2 Å². The minimum Gasteiger partial charge on any atom is -0.508 e. The van der Waals surface area contributed by atoms with Gasteiger partial charge in [-0.25, -0.2) is 0 Å². The number of phenolic OH excluding ortho intramolecular Hbond substituents is 1. The molecular weight excluding hydrogens is 360 g/mol. The predicted molar refractivity (Wildman–Crippen MR) is 107 cm³/mol. The monoisotopic (exact) mass is 382 g/mol. The van der Waals surface area contributed by atoms with Crippen LogP contribution in [-0.4, -0.2) is 38.0 Å². The van der Waals surface area contributed by atoms with Gasteiger partial charge in [-0.15, -0.1) is 0 Å². The lowest BCUT2D eigenvalue weighted by Gasteiger charge is -2.12. The van der Waals surface area contributed by atoms with Crippen molar-refractivity contribution in [3.63, 3.8) is 0 Å². The number of phenols is 1. The molecule has 6 heteroatoms. The van der Waals surface area contributed by atoms with Crippen LogP contribution in [0.25, 0.3) is 12.2 Å². The molecule has 2 aromatic rings. The highest BCUT2D eigenvalue weighted by Gasteiger charge is 2.12. The Labute approximate surface area is 163 Å². The molecular formula is C22H22O6. The second-order valence-electron chi connectivity index (χ2n) is 5.83. The van der Waals surface area contributed by atoms with E-state index in [0.29, 0.717) is 22.8 Å². The van der Waals surface area contributed by atoms with Crippen molar-refractivity contribution in [2.24, 2.45) is 0 Å². The lowest BCUT2D eigenvalue weighted by molar-refractivity contribution is -0.121. The van der Waals surface area contributed by atoms with Crippen molar-refractivity contribution in [2.75, 3.05) is 21.3 Å². The summed E-state index contributed by atoms with van der Waals surface area (Å²) in [5, 5.41) is 9.24. The van der Waals surface area contributed by atoms with Crippen molar-refractivity contribution in [3.8, 4) is 23.0 Å². The van der Waals surface area contributed by atoms with Crippen LogP contribution in [0, 0.1) is 0 Å². The summed E-state index contributed by atoms with van der Waals surface area (Å²) in [4.78, 5) is 24.0. The number of methoxy groups -OCH3 is 3. The normalized spacial score (nSPS) is 11.0. The maximum Gasteiger partial charge on any atom is 0.203 e. The van der Waals surface area contributed by atoms with Gasteiger partial charge in [0.15, 0.2) is 23.1 Å². The van der Waals surface area contributed by atoms with Gasteiger partial charge in [0.2, 0.25) is 5.75 Å². The Morgan fingerprint density at radius 1 is 0.821 bits per heavy atom. The van der Waals surface area contributed by atoms with Gasteiger partial charge in [-0.3, -0.25) is 9.59 Å². The fourth-order valence-corrected chi connectivity index (χ4v) is 2.45. The van der Waals surface area contributed by atoms with Crippen LogP contribution in [-0.2, 0) is 9.59 Å². The van der Waals surface area contributed by atoms with E-state index in [9.17, 15) is 14.7 Å². The molecule has 0 saturated heterocycles. The highest BCUT2D eigenvalue weighted by Crippen LogP contribution is 2.38. The van der Waals surface area contributed by atoms with Crippen LogP contribution in [0.15, 0.2) is 48.6 Å². The zero-order chi connectivity index (χ0) is 20.5. The molecule has 0 fully saturated rings. The molecule has 0 aliphatic rings. The Bertz CT molecular complexity index is 869. The van der Waals surface area contributed by atoms with E-state index < -0.39 is 0 Å². The summed E-state index contributed by atoms with van der Waals surface area (Å²) >= 11 is 0. The Kier molecular flexibility index (Phi) is 7.39. The van der Waals surface area contributed by atoms with Gasteiger partial charge >= 0.3 is 0 Å². The fourth-order valence-electron chi connectivity index (χ4n) is 2.45. The molecule has 1 N–H and O–H groups in total. The van der Waals surface area contributed by atoms with Crippen molar-refractivity contribution in [1.29, 1.82) is 0 Å². The SMILES string of the molecule is COc1cc(C=CC(=O)CC(=O)C=Cc2ccc(O)cc2)cc(OC)c1OC. The molecule has 0 aliphatic carbocycles. The molecule has 0 saturated carbocycles. The Hall–Kier alpha value is -3.54. The first-order valence-electron chi connectivity index (χ1n) is 8.47. The molecule has 0 spiro atoms. The summed E-state index contributed by atoms with van der Waals surface area (Å²) in [7, 11) is 4.53. The molecule has 0 aromatic heterocycles. The smallest absolute Gasteiger partial charge is 0.203 e. The molecule has 0 radical (unpaired) electrons. The molecule has 0 heterocycles. The highest BCUT2D eigenvalue weighted by molar-refractivity contribution is 6.10. The van der Waals surface area contributed by atoms with Crippen LogP contribution in [0.2, 0.25) is 0 Å². The van der Waals surface area contributed by atoms with E-state index in [1.54, 1.807) is 36.4 Å². The first kappa shape index (κ1) is 20.8. The number of rotatable bonds is 9. The summed E-state index contributed by atoms with van der Waals surface area (Å²) < 4.78 is 15.8. The summed E-state index contributed by atoms with van der Waals surface area (Å²) in [6.07, 6.45) is 5.63. The maximum absolute atomic E-state index is 12.1. The van der Waals surface area contributed by atoms with Gasteiger partial charge in [-0.1, -0.05) is 24.3 Å². The molecule has 0 bridgehead atoms.